The molecule has 0 aliphatic carbocycles. The number of nitrogens with one attached hydrogen (secondary N) is 1. The lowest BCUT2D eigenvalue weighted by Crippen LogP contribution is -2.45. The molecule has 27 heavy (non-hydrogen) atoms. The van der Waals surface area contributed by atoms with Gasteiger partial charge >= 0.3 is 0 Å². The summed E-state index contributed by atoms with van der Waals surface area (Å²) in [7, 11) is -0.107. The van der Waals surface area contributed by atoms with Crippen LogP contribution in [0.25, 0.3) is 0 Å². The van der Waals surface area contributed by atoms with Crippen molar-refractivity contribution in [1.29, 1.82) is 0 Å². The van der Waals surface area contributed by atoms with E-state index in [1.165, 1.54) is 15.2 Å². The van der Waals surface area contributed by atoms with E-state index in [9.17, 15) is 13.2 Å². The third kappa shape index (κ3) is 3.91. The molecule has 2 aromatic heterocycles. The summed E-state index contributed by atoms with van der Waals surface area (Å²) in [6.45, 7) is 4.62. The van der Waals surface area contributed by atoms with Crippen molar-refractivity contribution in [3.05, 3.63) is 29.3 Å². The molecule has 1 aliphatic heterocycles. The number of rotatable bonds is 5. The molecule has 3 rings (SSSR count). The first-order valence-electron chi connectivity index (χ1n) is 8.95. The van der Waals surface area contributed by atoms with Gasteiger partial charge in [0.2, 0.25) is 15.9 Å². The zero-order valence-corrected chi connectivity index (χ0v) is 17.0. The molecule has 0 bridgehead atoms. The van der Waals surface area contributed by atoms with Crippen molar-refractivity contribution in [2.45, 2.75) is 38.1 Å². The number of amides is 1. The third-order valence-electron chi connectivity index (χ3n) is 5.13. The Bertz CT molecular complexity index is 946. The first-order chi connectivity index (χ1) is 12.7. The third-order valence-corrected chi connectivity index (χ3v) is 7.10. The number of carbonyl (C=O) groups excluding carboxylic acids is 1. The Kier molecular flexibility index (Phi) is 5.38. The van der Waals surface area contributed by atoms with Crippen LogP contribution in [0, 0.1) is 19.8 Å². The summed E-state index contributed by atoms with van der Waals surface area (Å²) < 4.78 is 30.5. The lowest BCUT2D eigenvalue weighted by Gasteiger charge is -2.31. The van der Waals surface area contributed by atoms with Gasteiger partial charge in [0.05, 0.1) is 23.5 Å². The van der Waals surface area contributed by atoms with Crippen molar-refractivity contribution >= 4 is 15.9 Å². The molecule has 3 heterocycles. The molecule has 10 heteroatoms. The van der Waals surface area contributed by atoms with Crippen LogP contribution < -0.4 is 5.32 Å². The second kappa shape index (κ2) is 7.43. The number of aromatic nitrogens is 4. The molecule has 0 radical (unpaired) electrons. The first-order valence-corrected chi connectivity index (χ1v) is 10.4. The lowest BCUT2D eigenvalue weighted by atomic mass is 9.99. The summed E-state index contributed by atoms with van der Waals surface area (Å²) in [4.78, 5) is 12.8. The van der Waals surface area contributed by atoms with Crippen LogP contribution in [0.4, 0.5) is 0 Å². The summed E-state index contributed by atoms with van der Waals surface area (Å²) in [5.41, 5.74) is 2.42. The van der Waals surface area contributed by atoms with Gasteiger partial charge in [0.25, 0.3) is 0 Å². The van der Waals surface area contributed by atoms with E-state index in [0.717, 1.165) is 11.3 Å². The largest absolute Gasteiger partial charge is 0.352 e. The number of carbonyl (C=O) groups is 1. The Morgan fingerprint density at radius 1 is 1.33 bits per heavy atom. The van der Waals surface area contributed by atoms with Gasteiger partial charge < -0.3 is 5.32 Å². The summed E-state index contributed by atoms with van der Waals surface area (Å²) in [6, 6.07) is 0. The Morgan fingerprint density at radius 2 is 2.07 bits per heavy atom. The predicted molar refractivity (Wildman–Crippen MR) is 99.2 cm³/mol. The molecular weight excluding hydrogens is 368 g/mol. The SMILES string of the molecule is Cc1nn(C)cc1CNC(=O)[C@@H]1CCCN(S(=O)(=O)c2cnn(C)c2C)C1. The van der Waals surface area contributed by atoms with E-state index in [1.807, 2.05) is 20.2 Å². The highest BCUT2D eigenvalue weighted by Gasteiger charge is 2.34. The Labute approximate surface area is 159 Å². The Hall–Kier alpha value is -2.20. The topological polar surface area (TPSA) is 102 Å². The molecule has 1 N–H and O–H groups in total. The predicted octanol–water partition coefficient (Wildman–Crippen LogP) is 0.488. The average molecular weight is 395 g/mol. The van der Waals surface area contributed by atoms with Gasteiger partial charge in [-0.15, -0.1) is 0 Å². The fourth-order valence-corrected chi connectivity index (χ4v) is 5.10. The van der Waals surface area contributed by atoms with Crippen LogP contribution in [0.3, 0.4) is 0 Å². The van der Waals surface area contributed by atoms with Crippen LogP contribution in [0.15, 0.2) is 17.3 Å². The van der Waals surface area contributed by atoms with Crippen molar-refractivity contribution in [3.63, 3.8) is 0 Å². The summed E-state index contributed by atoms with van der Waals surface area (Å²) in [5.74, 6) is -0.483. The Balaban J connectivity index is 1.67. The smallest absolute Gasteiger partial charge is 0.246 e. The van der Waals surface area contributed by atoms with Gasteiger partial charge in [0.15, 0.2) is 0 Å². The van der Waals surface area contributed by atoms with E-state index in [0.29, 0.717) is 31.6 Å². The highest BCUT2D eigenvalue weighted by Crippen LogP contribution is 2.25. The Morgan fingerprint density at radius 3 is 2.67 bits per heavy atom. The van der Waals surface area contributed by atoms with Crippen molar-refractivity contribution in [2.24, 2.45) is 20.0 Å². The van der Waals surface area contributed by atoms with Crippen LogP contribution in [-0.2, 0) is 35.5 Å². The monoisotopic (exact) mass is 394 g/mol. The summed E-state index contributed by atoms with van der Waals surface area (Å²) in [5, 5.41) is 11.2. The highest BCUT2D eigenvalue weighted by atomic mass is 32.2. The maximum absolute atomic E-state index is 12.9. The molecule has 1 aliphatic rings. The fourth-order valence-electron chi connectivity index (χ4n) is 3.39. The van der Waals surface area contributed by atoms with E-state index < -0.39 is 10.0 Å². The van der Waals surface area contributed by atoms with Gasteiger partial charge in [-0.05, 0) is 26.7 Å². The van der Waals surface area contributed by atoms with Gasteiger partial charge in [0, 0.05) is 45.5 Å². The summed E-state index contributed by atoms with van der Waals surface area (Å²) in [6.07, 6.45) is 4.58. The van der Waals surface area contributed by atoms with E-state index in [2.05, 4.69) is 15.5 Å². The quantitative estimate of drug-likeness (QED) is 0.795. The van der Waals surface area contributed by atoms with Crippen molar-refractivity contribution < 1.29 is 13.2 Å². The zero-order chi connectivity index (χ0) is 19.8. The normalized spacial score (nSPS) is 18.6. The highest BCUT2D eigenvalue weighted by molar-refractivity contribution is 7.89. The molecule has 9 nitrogen and oxygen atoms in total. The number of nitrogens with zero attached hydrogens (tertiary/aromatic N) is 5. The van der Waals surface area contributed by atoms with Gasteiger partial charge in [-0.25, -0.2) is 8.42 Å². The molecule has 0 saturated carbocycles. The summed E-state index contributed by atoms with van der Waals surface area (Å²) >= 11 is 0. The van der Waals surface area contributed by atoms with Crippen LogP contribution in [0.2, 0.25) is 0 Å². The maximum atomic E-state index is 12.9. The van der Waals surface area contributed by atoms with Crippen molar-refractivity contribution in [3.8, 4) is 0 Å². The number of hydrogen-bond acceptors (Lipinski definition) is 5. The molecule has 0 unspecified atom stereocenters. The molecule has 0 aromatic carbocycles. The van der Waals surface area contributed by atoms with E-state index in [1.54, 1.807) is 18.7 Å². The van der Waals surface area contributed by atoms with E-state index >= 15 is 0 Å². The lowest BCUT2D eigenvalue weighted by molar-refractivity contribution is -0.126. The zero-order valence-electron chi connectivity index (χ0n) is 16.1. The molecule has 1 amide bonds. The molecule has 1 atom stereocenters. The second-order valence-electron chi connectivity index (χ2n) is 7.05. The minimum atomic E-state index is -3.65. The average Bonchev–Trinajstić information content (AvgIpc) is 3.14. The molecule has 1 fully saturated rings. The number of aryl methyl sites for hydroxylation is 3. The van der Waals surface area contributed by atoms with Crippen LogP contribution in [0.5, 0.6) is 0 Å². The fraction of sp³-hybridized carbons (Fsp3) is 0.588. The standard InChI is InChI=1S/C17H26N6O3S/c1-12-15(10-21(3)20-12)8-18-17(24)14-6-5-7-23(11-14)27(25,26)16-9-19-22(4)13(16)2/h9-10,14H,5-8,11H2,1-4H3,(H,18,24)/t14-/m1/s1. The van der Waals surface area contributed by atoms with Gasteiger partial charge in [0.1, 0.15) is 4.90 Å². The molecule has 0 spiro atoms. The van der Waals surface area contributed by atoms with Crippen LogP contribution in [0.1, 0.15) is 29.8 Å². The van der Waals surface area contributed by atoms with Crippen LogP contribution in [-0.4, -0.2) is 51.3 Å². The molecule has 1 saturated heterocycles. The first kappa shape index (κ1) is 19.6. The van der Waals surface area contributed by atoms with Gasteiger partial charge in [-0.2, -0.15) is 14.5 Å². The molecule has 2 aromatic rings. The number of hydrogen-bond donors (Lipinski definition) is 1. The van der Waals surface area contributed by atoms with Gasteiger partial charge in [-0.3, -0.25) is 14.2 Å². The number of piperidine rings is 1. The van der Waals surface area contributed by atoms with Crippen molar-refractivity contribution in [2.75, 3.05) is 13.1 Å². The maximum Gasteiger partial charge on any atom is 0.246 e. The minimum Gasteiger partial charge on any atom is -0.352 e. The molecule has 148 valence electrons. The van der Waals surface area contributed by atoms with E-state index in [-0.39, 0.29) is 23.3 Å². The molecular formula is C17H26N6O3S. The van der Waals surface area contributed by atoms with E-state index in [4.69, 9.17) is 0 Å². The van der Waals surface area contributed by atoms with Gasteiger partial charge in [-0.1, -0.05) is 0 Å². The van der Waals surface area contributed by atoms with Crippen molar-refractivity contribution in [1.82, 2.24) is 29.2 Å². The number of sulfonamides is 1. The second-order valence-corrected chi connectivity index (χ2v) is 8.96. The van der Waals surface area contributed by atoms with Crippen LogP contribution >= 0.6 is 0 Å². The minimum absolute atomic E-state index is 0.124.